The molecule has 0 bridgehead atoms. The van der Waals surface area contributed by atoms with Crippen LogP contribution in [0, 0.1) is 17.1 Å². The zero-order valence-electron chi connectivity index (χ0n) is 11.0. The van der Waals surface area contributed by atoms with Crippen LogP contribution in [0.2, 0.25) is 0 Å². The van der Waals surface area contributed by atoms with E-state index in [2.05, 4.69) is 5.32 Å². The minimum absolute atomic E-state index is 0.0822. The van der Waals surface area contributed by atoms with Gasteiger partial charge in [0.25, 0.3) is 5.91 Å². The van der Waals surface area contributed by atoms with Crippen LogP contribution in [0.3, 0.4) is 0 Å². The van der Waals surface area contributed by atoms with Crippen molar-refractivity contribution in [3.63, 3.8) is 0 Å². The summed E-state index contributed by atoms with van der Waals surface area (Å²) in [6.45, 7) is 1.78. The molecular weight excluding hydrogens is 261 g/mol. The molecule has 1 saturated heterocycles. The average Bonchev–Trinajstić information content (AvgIpc) is 2.85. The van der Waals surface area contributed by atoms with Gasteiger partial charge in [-0.05, 0) is 31.0 Å². The van der Waals surface area contributed by atoms with Crippen LogP contribution in [0.1, 0.15) is 30.1 Å². The number of carbonyl (C=O) groups excluding carboxylic acids is 2. The molecule has 1 aromatic rings. The van der Waals surface area contributed by atoms with Crippen LogP contribution in [0.5, 0.6) is 0 Å². The molecule has 0 spiro atoms. The van der Waals surface area contributed by atoms with E-state index in [1.807, 2.05) is 6.07 Å². The summed E-state index contributed by atoms with van der Waals surface area (Å²) in [6, 6.07) is 5.46. The molecule has 1 N–H and O–H groups in total. The number of anilines is 1. The molecule has 0 radical (unpaired) electrons. The smallest absolute Gasteiger partial charge is 0.257 e. The second-order valence-corrected chi connectivity index (χ2v) is 4.66. The van der Waals surface area contributed by atoms with Crippen LogP contribution in [-0.4, -0.2) is 29.3 Å². The zero-order valence-corrected chi connectivity index (χ0v) is 11.0. The highest BCUT2D eigenvalue weighted by Crippen LogP contribution is 2.22. The van der Waals surface area contributed by atoms with Crippen molar-refractivity contribution in [3.8, 4) is 6.07 Å². The molecule has 20 heavy (non-hydrogen) atoms. The Kier molecular flexibility index (Phi) is 3.99. The molecule has 104 valence electrons. The first kappa shape index (κ1) is 14.0. The van der Waals surface area contributed by atoms with Crippen molar-refractivity contribution in [3.05, 3.63) is 29.6 Å². The molecule has 0 saturated carbocycles. The summed E-state index contributed by atoms with van der Waals surface area (Å²) < 4.78 is 14.0. The summed E-state index contributed by atoms with van der Waals surface area (Å²) in [4.78, 5) is 24.5. The lowest BCUT2D eigenvalue weighted by atomic mass is 10.1. The van der Waals surface area contributed by atoms with Crippen LogP contribution in [-0.2, 0) is 4.79 Å². The summed E-state index contributed by atoms with van der Waals surface area (Å²) in [6.07, 6.45) is 1.36. The van der Waals surface area contributed by atoms with Crippen molar-refractivity contribution in [2.24, 2.45) is 0 Å². The fourth-order valence-electron chi connectivity index (χ4n) is 2.27. The lowest BCUT2D eigenvalue weighted by Gasteiger charge is -2.19. The Labute approximate surface area is 116 Å². The van der Waals surface area contributed by atoms with Crippen LogP contribution in [0.25, 0.3) is 0 Å². The van der Waals surface area contributed by atoms with Crippen molar-refractivity contribution >= 4 is 17.5 Å². The van der Waals surface area contributed by atoms with Gasteiger partial charge in [0.15, 0.2) is 0 Å². The van der Waals surface area contributed by atoms with Crippen LogP contribution in [0.4, 0.5) is 10.1 Å². The molecule has 1 aliphatic rings. The van der Waals surface area contributed by atoms with Gasteiger partial charge in [-0.2, -0.15) is 5.26 Å². The predicted octanol–water partition coefficient (Wildman–Crippen LogP) is 1.91. The van der Waals surface area contributed by atoms with E-state index in [0.717, 1.165) is 12.5 Å². The first-order chi connectivity index (χ1) is 9.52. The summed E-state index contributed by atoms with van der Waals surface area (Å²) in [7, 11) is 0. The minimum Gasteiger partial charge on any atom is -0.326 e. The number of nitrogens with zero attached hydrogens (tertiary/aromatic N) is 2. The van der Waals surface area contributed by atoms with Gasteiger partial charge in [0, 0.05) is 19.2 Å². The van der Waals surface area contributed by atoms with E-state index in [0.29, 0.717) is 18.7 Å². The Morgan fingerprint density at radius 1 is 1.50 bits per heavy atom. The first-order valence-electron chi connectivity index (χ1n) is 6.30. The SMILES string of the molecule is CC(=O)Nc1ccc(C(=O)N2CCC[C@H]2C#N)c(F)c1. The number of likely N-dealkylation sites (tertiary alicyclic amines) is 1. The maximum Gasteiger partial charge on any atom is 0.257 e. The van der Waals surface area contributed by atoms with Gasteiger partial charge in [-0.15, -0.1) is 0 Å². The van der Waals surface area contributed by atoms with E-state index < -0.39 is 17.8 Å². The largest absolute Gasteiger partial charge is 0.326 e. The molecule has 1 aromatic carbocycles. The van der Waals surface area contributed by atoms with Crippen LogP contribution >= 0.6 is 0 Å². The van der Waals surface area contributed by atoms with E-state index in [4.69, 9.17) is 5.26 Å². The van der Waals surface area contributed by atoms with Gasteiger partial charge in [-0.25, -0.2) is 4.39 Å². The number of hydrogen-bond donors (Lipinski definition) is 1. The third-order valence-corrected chi connectivity index (χ3v) is 3.18. The first-order valence-corrected chi connectivity index (χ1v) is 6.30. The van der Waals surface area contributed by atoms with Crippen molar-refractivity contribution in [1.82, 2.24) is 4.90 Å². The van der Waals surface area contributed by atoms with Crippen molar-refractivity contribution in [1.29, 1.82) is 5.26 Å². The Morgan fingerprint density at radius 3 is 2.85 bits per heavy atom. The van der Waals surface area contributed by atoms with E-state index in [1.165, 1.54) is 24.0 Å². The number of nitrogens with one attached hydrogen (secondary N) is 1. The molecule has 0 unspecified atom stereocenters. The maximum absolute atomic E-state index is 14.0. The van der Waals surface area contributed by atoms with Crippen molar-refractivity contribution in [2.45, 2.75) is 25.8 Å². The molecular formula is C14H14FN3O2. The normalized spacial score (nSPS) is 17.6. The Morgan fingerprint density at radius 2 is 2.25 bits per heavy atom. The van der Waals surface area contributed by atoms with Gasteiger partial charge >= 0.3 is 0 Å². The van der Waals surface area contributed by atoms with Gasteiger partial charge < -0.3 is 10.2 Å². The summed E-state index contributed by atoms with van der Waals surface area (Å²) >= 11 is 0. The van der Waals surface area contributed by atoms with E-state index >= 15 is 0 Å². The molecule has 5 nitrogen and oxygen atoms in total. The number of benzene rings is 1. The number of rotatable bonds is 2. The van der Waals surface area contributed by atoms with Gasteiger partial charge in [-0.3, -0.25) is 9.59 Å². The zero-order chi connectivity index (χ0) is 14.7. The summed E-state index contributed by atoms with van der Waals surface area (Å²) in [5, 5.41) is 11.4. The molecule has 1 fully saturated rings. The summed E-state index contributed by atoms with van der Waals surface area (Å²) in [5.74, 6) is -1.50. The topological polar surface area (TPSA) is 73.2 Å². The van der Waals surface area contributed by atoms with Gasteiger partial charge in [0.1, 0.15) is 11.9 Å². The standard InChI is InChI=1S/C14H14FN3O2/c1-9(19)17-10-4-5-12(13(15)7-10)14(20)18-6-2-3-11(18)8-16/h4-5,7,11H,2-3,6H2,1H3,(H,17,19)/t11-/m0/s1. The molecule has 0 aromatic heterocycles. The minimum atomic E-state index is -0.704. The number of halogens is 1. The number of hydrogen-bond acceptors (Lipinski definition) is 3. The fraction of sp³-hybridized carbons (Fsp3) is 0.357. The molecule has 0 aliphatic carbocycles. The highest BCUT2D eigenvalue weighted by molar-refractivity contribution is 5.96. The molecule has 1 aliphatic heterocycles. The lowest BCUT2D eigenvalue weighted by Crippen LogP contribution is -2.35. The Bertz CT molecular complexity index is 595. The van der Waals surface area contributed by atoms with Gasteiger partial charge in [0.05, 0.1) is 11.6 Å². The summed E-state index contributed by atoms with van der Waals surface area (Å²) in [5.41, 5.74) is 0.214. The predicted molar refractivity (Wildman–Crippen MR) is 70.4 cm³/mol. The molecule has 1 heterocycles. The number of nitriles is 1. The second-order valence-electron chi connectivity index (χ2n) is 4.66. The fourth-order valence-corrected chi connectivity index (χ4v) is 2.27. The third-order valence-electron chi connectivity index (χ3n) is 3.18. The molecule has 1 atom stereocenters. The number of carbonyl (C=O) groups is 2. The van der Waals surface area contributed by atoms with E-state index in [9.17, 15) is 14.0 Å². The molecule has 6 heteroatoms. The Balaban J connectivity index is 2.23. The van der Waals surface area contributed by atoms with E-state index in [-0.39, 0.29) is 11.5 Å². The van der Waals surface area contributed by atoms with Crippen molar-refractivity contribution < 1.29 is 14.0 Å². The van der Waals surface area contributed by atoms with Crippen molar-refractivity contribution in [2.75, 3.05) is 11.9 Å². The van der Waals surface area contributed by atoms with Crippen LogP contribution < -0.4 is 5.32 Å². The van der Waals surface area contributed by atoms with Crippen LogP contribution in [0.15, 0.2) is 18.2 Å². The lowest BCUT2D eigenvalue weighted by molar-refractivity contribution is -0.114. The highest BCUT2D eigenvalue weighted by atomic mass is 19.1. The quantitative estimate of drug-likeness (QED) is 0.896. The second kappa shape index (κ2) is 5.70. The monoisotopic (exact) mass is 275 g/mol. The maximum atomic E-state index is 14.0. The van der Waals surface area contributed by atoms with Gasteiger partial charge in [0.2, 0.25) is 5.91 Å². The molecule has 2 amide bonds. The third kappa shape index (κ3) is 2.77. The van der Waals surface area contributed by atoms with E-state index in [1.54, 1.807) is 0 Å². The van der Waals surface area contributed by atoms with Gasteiger partial charge in [-0.1, -0.05) is 0 Å². The highest BCUT2D eigenvalue weighted by Gasteiger charge is 2.30. The number of amides is 2. The average molecular weight is 275 g/mol. The Hall–Kier alpha value is -2.42. The molecule has 2 rings (SSSR count).